The molecule has 4 heteroatoms. The molecule has 0 aromatic rings. The van der Waals surface area contributed by atoms with Crippen molar-refractivity contribution < 1.29 is 9.31 Å². The lowest BCUT2D eigenvalue weighted by Crippen LogP contribution is -2.30. The van der Waals surface area contributed by atoms with E-state index in [0.717, 1.165) is 25.6 Å². The fourth-order valence-corrected chi connectivity index (χ4v) is 3.12. The van der Waals surface area contributed by atoms with Crippen LogP contribution in [0.4, 0.5) is 0 Å². The van der Waals surface area contributed by atoms with E-state index in [4.69, 9.17) is 9.31 Å². The van der Waals surface area contributed by atoms with Crippen LogP contribution in [0.3, 0.4) is 0 Å². The van der Waals surface area contributed by atoms with Crippen LogP contribution in [0, 0.1) is 5.92 Å². The molecule has 1 saturated carbocycles. The predicted octanol–water partition coefficient (Wildman–Crippen LogP) is 3.35. The van der Waals surface area contributed by atoms with Gasteiger partial charge in [-0.2, -0.15) is 0 Å². The van der Waals surface area contributed by atoms with E-state index in [2.05, 4.69) is 28.7 Å². The highest BCUT2D eigenvalue weighted by atomic mass is 127. The van der Waals surface area contributed by atoms with E-state index in [1.807, 2.05) is 0 Å². The molecule has 1 aliphatic heterocycles. The maximum absolute atomic E-state index is 5.58. The molecule has 84 valence electrons. The summed E-state index contributed by atoms with van der Waals surface area (Å²) >= 11 is 2.37. The summed E-state index contributed by atoms with van der Waals surface area (Å²) in [6, 6.07) is 0. The number of hydrogen-bond acceptors (Lipinski definition) is 2. The highest BCUT2D eigenvalue weighted by Gasteiger charge is 2.26. The molecule has 2 fully saturated rings. The van der Waals surface area contributed by atoms with Gasteiger partial charge in [-0.3, -0.25) is 0 Å². The summed E-state index contributed by atoms with van der Waals surface area (Å²) in [4.78, 5) is 0. The Labute approximate surface area is 106 Å². The van der Waals surface area contributed by atoms with Gasteiger partial charge in [-0.1, -0.05) is 47.9 Å². The van der Waals surface area contributed by atoms with Gasteiger partial charge < -0.3 is 9.31 Å². The van der Waals surface area contributed by atoms with Crippen LogP contribution in [0.2, 0.25) is 0 Å². The highest BCUT2D eigenvalue weighted by Crippen LogP contribution is 2.28. The maximum Gasteiger partial charge on any atom is 0.500 e. The van der Waals surface area contributed by atoms with Crippen molar-refractivity contribution in [2.24, 2.45) is 5.92 Å². The van der Waals surface area contributed by atoms with E-state index >= 15 is 0 Å². The fourth-order valence-electron chi connectivity index (χ4n) is 2.25. The molecule has 0 radical (unpaired) electrons. The predicted molar refractivity (Wildman–Crippen MR) is 71.0 cm³/mol. The average molecular weight is 320 g/mol. The third kappa shape index (κ3) is 3.75. The van der Waals surface area contributed by atoms with Crippen molar-refractivity contribution in [1.82, 2.24) is 0 Å². The fraction of sp³-hybridized carbons (Fsp3) is 0.818. The van der Waals surface area contributed by atoms with Crippen molar-refractivity contribution in [1.29, 1.82) is 0 Å². The molecule has 0 aromatic carbocycles. The Balaban J connectivity index is 1.86. The minimum Gasteiger partial charge on any atom is -0.407 e. The smallest absolute Gasteiger partial charge is 0.407 e. The van der Waals surface area contributed by atoms with Crippen molar-refractivity contribution in [2.45, 2.75) is 38.5 Å². The van der Waals surface area contributed by atoms with Crippen molar-refractivity contribution in [2.75, 3.05) is 13.2 Å². The molecule has 0 spiro atoms. The highest BCUT2D eigenvalue weighted by molar-refractivity contribution is 14.1. The molecule has 0 atom stereocenters. The van der Waals surface area contributed by atoms with Gasteiger partial charge in [0.25, 0.3) is 0 Å². The van der Waals surface area contributed by atoms with E-state index in [0.29, 0.717) is 0 Å². The Morgan fingerprint density at radius 2 is 1.73 bits per heavy atom. The Kier molecular flexibility index (Phi) is 4.97. The lowest BCUT2D eigenvalue weighted by atomic mass is 9.82. The van der Waals surface area contributed by atoms with E-state index in [1.165, 1.54) is 35.6 Å². The molecule has 0 amide bonds. The monoisotopic (exact) mass is 320 g/mol. The second kappa shape index (κ2) is 6.25. The Morgan fingerprint density at radius 1 is 1.07 bits per heavy atom. The third-order valence-electron chi connectivity index (χ3n) is 3.10. The summed E-state index contributed by atoms with van der Waals surface area (Å²) in [5.74, 6) is 0.764. The van der Waals surface area contributed by atoms with Crippen LogP contribution in [-0.2, 0) is 9.31 Å². The van der Waals surface area contributed by atoms with Crippen LogP contribution < -0.4 is 0 Å². The van der Waals surface area contributed by atoms with Crippen LogP contribution >= 0.6 is 22.6 Å². The molecule has 0 N–H and O–H groups in total. The van der Waals surface area contributed by atoms with Gasteiger partial charge >= 0.3 is 7.12 Å². The van der Waals surface area contributed by atoms with Gasteiger partial charge in [-0.15, -0.1) is 0 Å². The summed E-state index contributed by atoms with van der Waals surface area (Å²) in [7, 11) is -0.0683. The number of allylic oxidation sites excluding steroid dienone is 1. The molecule has 0 bridgehead atoms. The van der Waals surface area contributed by atoms with Gasteiger partial charge in [0.1, 0.15) is 0 Å². The Hall–Kier alpha value is 0.455. The zero-order valence-electron chi connectivity index (χ0n) is 9.08. The molecule has 1 saturated heterocycles. The lowest BCUT2D eigenvalue weighted by Gasteiger charge is -2.22. The van der Waals surface area contributed by atoms with Crippen LogP contribution in [0.15, 0.2) is 9.56 Å². The number of hydrogen-bond donors (Lipinski definition) is 0. The van der Waals surface area contributed by atoms with Crippen molar-refractivity contribution in [3.63, 3.8) is 0 Å². The van der Waals surface area contributed by atoms with Gasteiger partial charge in [0.05, 0.1) is 0 Å². The molecule has 15 heavy (non-hydrogen) atoms. The molecular weight excluding hydrogens is 302 g/mol. The van der Waals surface area contributed by atoms with E-state index < -0.39 is 0 Å². The van der Waals surface area contributed by atoms with E-state index in [1.54, 1.807) is 0 Å². The van der Waals surface area contributed by atoms with Crippen molar-refractivity contribution in [3.8, 4) is 0 Å². The largest absolute Gasteiger partial charge is 0.500 e. The average Bonchev–Trinajstić information content (AvgIpc) is 2.31. The maximum atomic E-state index is 5.58. The summed E-state index contributed by atoms with van der Waals surface area (Å²) < 4.78 is 12.4. The topological polar surface area (TPSA) is 18.5 Å². The first-order chi connectivity index (χ1) is 7.36. The zero-order chi connectivity index (χ0) is 10.5. The third-order valence-corrected chi connectivity index (χ3v) is 3.97. The minimum atomic E-state index is -0.0683. The van der Waals surface area contributed by atoms with Crippen LogP contribution in [0.5, 0.6) is 0 Å². The SMILES string of the molecule is I/C(=C\C1CCCCC1)B1OCCCO1. The molecule has 0 aromatic heterocycles. The molecule has 0 unspecified atom stereocenters. The molecule has 1 heterocycles. The number of rotatable bonds is 2. The van der Waals surface area contributed by atoms with Crippen molar-refractivity contribution >= 4 is 29.7 Å². The van der Waals surface area contributed by atoms with Crippen LogP contribution in [0.25, 0.3) is 0 Å². The summed E-state index contributed by atoms with van der Waals surface area (Å²) in [6.45, 7) is 1.69. The van der Waals surface area contributed by atoms with Crippen LogP contribution in [0.1, 0.15) is 38.5 Å². The molecule has 2 nitrogen and oxygen atoms in total. The number of halogens is 1. The summed E-state index contributed by atoms with van der Waals surface area (Å²) in [6.07, 6.45) is 10.3. The normalized spacial score (nSPS) is 25.7. The molecule has 2 aliphatic rings. The van der Waals surface area contributed by atoms with Gasteiger partial charge in [-0.05, 0) is 25.2 Å². The van der Waals surface area contributed by atoms with E-state index in [9.17, 15) is 0 Å². The van der Waals surface area contributed by atoms with Gasteiger partial charge in [0.15, 0.2) is 0 Å². The lowest BCUT2D eigenvalue weighted by molar-refractivity contribution is 0.142. The first kappa shape index (κ1) is 11.9. The first-order valence-electron chi connectivity index (χ1n) is 5.96. The molecular formula is C11H18BIO2. The second-order valence-electron chi connectivity index (χ2n) is 4.38. The van der Waals surface area contributed by atoms with E-state index in [-0.39, 0.29) is 7.12 Å². The summed E-state index contributed by atoms with van der Waals surface area (Å²) in [5, 5.41) is 0. The van der Waals surface area contributed by atoms with Gasteiger partial charge in [0.2, 0.25) is 0 Å². The Bertz CT molecular complexity index is 221. The zero-order valence-corrected chi connectivity index (χ0v) is 11.2. The molecule has 2 rings (SSSR count). The Morgan fingerprint density at radius 3 is 2.40 bits per heavy atom. The second-order valence-corrected chi connectivity index (χ2v) is 5.62. The quantitative estimate of drug-likeness (QED) is 0.574. The first-order valence-corrected chi connectivity index (χ1v) is 7.04. The standard InChI is InChI=1S/C11H18BIO2/c13-11(12-14-7-4-8-15-12)9-10-5-2-1-3-6-10/h9-10H,1-8H2/b11-9-. The van der Waals surface area contributed by atoms with Gasteiger partial charge in [0, 0.05) is 16.7 Å². The summed E-state index contributed by atoms with van der Waals surface area (Å²) in [5.41, 5.74) is 0. The van der Waals surface area contributed by atoms with Gasteiger partial charge in [-0.25, -0.2) is 0 Å². The van der Waals surface area contributed by atoms with Crippen LogP contribution in [-0.4, -0.2) is 20.3 Å². The van der Waals surface area contributed by atoms with Crippen molar-refractivity contribution in [3.05, 3.63) is 9.56 Å². The molecule has 1 aliphatic carbocycles. The minimum absolute atomic E-state index is 0.0683.